The van der Waals surface area contributed by atoms with Crippen molar-refractivity contribution in [2.75, 3.05) is 33.7 Å². The van der Waals surface area contributed by atoms with Gasteiger partial charge in [-0.15, -0.1) is 11.8 Å². The fraction of sp³-hybridized carbons (Fsp3) is 0.562. The molecule has 0 aliphatic heterocycles. The van der Waals surface area contributed by atoms with Crippen molar-refractivity contribution in [1.82, 2.24) is 0 Å². The molecule has 0 aliphatic carbocycles. The molecule has 9 nitrogen and oxygen atoms in total. The predicted molar refractivity (Wildman–Crippen MR) is 97.6 cm³/mol. The zero-order valence-electron chi connectivity index (χ0n) is 15.9. The second-order valence-electron chi connectivity index (χ2n) is 5.44. The highest BCUT2D eigenvalue weighted by atomic mass is 31.2. The van der Waals surface area contributed by atoms with Gasteiger partial charge in [-0.25, -0.2) is 9.59 Å². The highest BCUT2D eigenvalue weighted by Crippen LogP contribution is 2.51. The first-order chi connectivity index (χ1) is 12.4. The SMILES string of the molecule is CC#CC(OC(=O)CP(C)(C)=O)C(=O)OC(=O)C(C#CC)P(=O)(OC)OC. The zero-order chi connectivity index (χ0) is 21.3. The highest BCUT2D eigenvalue weighted by Gasteiger charge is 2.42. The molecule has 150 valence electrons. The minimum Gasteiger partial charge on any atom is -0.436 e. The number of carbonyl (C=O) groups excluding carboxylic acids is 3. The summed E-state index contributed by atoms with van der Waals surface area (Å²) in [4.78, 5) is 36.1. The molecule has 0 amide bonds. The Morgan fingerprint density at radius 3 is 1.85 bits per heavy atom. The van der Waals surface area contributed by atoms with Crippen LogP contribution in [0.5, 0.6) is 0 Å². The van der Waals surface area contributed by atoms with Crippen molar-refractivity contribution in [3.05, 3.63) is 0 Å². The van der Waals surface area contributed by atoms with E-state index in [4.69, 9.17) is 13.8 Å². The van der Waals surface area contributed by atoms with E-state index in [0.717, 1.165) is 14.2 Å². The fourth-order valence-electron chi connectivity index (χ4n) is 1.64. The van der Waals surface area contributed by atoms with Gasteiger partial charge in [0.2, 0.25) is 5.66 Å². The van der Waals surface area contributed by atoms with E-state index in [9.17, 15) is 23.5 Å². The third-order valence-electron chi connectivity index (χ3n) is 2.78. The van der Waals surface area contributed by atoms with Gasteiger partial charge in [0, 0.05) is 14.2 Å². The molecule has 0 saturated heterocycles. The van der Waals surface area contributed by atoms with Crippen molar-refractivity contribution in [3.63, 3.8) is 0 Å². The van der Waals surface area contributed by atoms with Crippen LogP contribution in [0, 0.1) is 23.7 Å². The number of esters is 3. The van der Waals surface area contributed by atoms with E-state index in [1.807, 2.05) is 0 Å². The van der Waals surface area contributed by atoms with Gasteiger partial charge in [0.25, 0.3) is 6.10 Å². The van der Waals surface area contributed by atoms with Crippen molar-refractivity contribution in [3.8, 4) is 23.7 Å². The van der Waals surface area contributed by atoms with E-state index >= 15 is 0 Å². The summed E-state index contributed by atoms with van der Waals surface area (Å²) in [6, 6.07) is 0. The van der Waals surface area contributed by atoms with Crippen LogP contribution in [0.15, 0.2) is 0 Å². The Bertz CT molecular complexity index is 780. The van der Waals surface area contributed by atoms with E-state index in [1.54, 1.807) is 0 Å². The number of ether oxygens (including phenoxy) is 2. The maximum absolute atomic E-state index is 12.4. The molecule has 27 heavy (non-hydrogen) atoms. The molecule has 0 aromatic carbocycles. The molecule has 0 aliphatic rings. The Balaban J connectivity index is 5.40. The summed E-state index contributed by atoms with van der Waals surface area (Å²) in [6.45, 7) is 5.49. The third-order valence-corrected chi connectivity index (χ3v) is 5.79. The molecule has 0 aromatic rings. The summed E-state index contributed by atoms with van der Waals surface area (Å²) in [7, 11) is -4.65. The molecule has 2 atom stereocenters. The molecule has 11 heteroatoms. The number of rotatable bonds is 8. The molecule has 0 saturated carbocycles. The molecule has 2 unspecified atom stereocenters. The minimum atomic E-state index is -4.00. The smallest absolute Gasteiger partial charge is 0.368 e. The second kappa shape index (κ2) is 11.1. The van der Waals surface area contributed by atoms with Gasteiger partial charge in [0.05, 0.1) is 13.3 Å². The van der Waals surface area contributed by atoms with Gasteiger partial charge in [-0.1, -0.05) is 5.92 Å². The summed E-state index contributed by atoms with van der Waals surface area (Å²) < 4.78 is 42.9. The lowest BCUT2D eigenvalue weighted by atomic mass is 10.3. The maximum atomic E-state index is 12.4. The van der Waals surface area contributed by atoms with Crippen molar-refractivity contribution in [2.24, 2.45) is 0 Å². The summed E-state index contributed by atoms with van der Waals surface area (Å²) in [5.41, 5.74) is -1.68. The van der Waals surface area contributed by atoms with Crippen molar-refractivity contribution in [1.29, 1.82) is 0 Å². The first-order valence-electron chi connectivity index (χ1n) is 7.48. The molecular formula is C16H22O9P2. The number of carbonyl (C=O) groups is 3. The van der Waals surface area contributed by atoms with E-state index in [1.165, 1.54) is 27.2 Å². The minimum absolute atomic E-state index is 0.414. The van der Waals surface area contributed by atoms with Gasteiger partial charge in [-0.05, 0) is 33.1 Å². The average molecular weight is 420 g/mol. The maximum Gasteiger partial charge on any atom is 0.368 e. The highest BCUT2D eigenvalue weighted by molar-refractivity contribution is 7.63. The first-order valence-corrected chi connectivity index (χ1v) is 11.9. The Labute approximate surface area is 158 Å². The molecule has 0 heterocycles. The van der Waals surface area contributed by atoms with E-state index in [-0.39, 0.29) is 0 Å². The summed E-state index contributed by atoms with van der Waals surface area (Å²) in [6.07, 6.45) is -2.14. The lowest BCUT2D eigenvalue weighted by molar-refractivity contribution is -0.169. The van der Waals surface area contributed by atoms with Gasteiger partial charge >= 0.3 is 25.5 Å². The zero-order valence-corrected chi connectivity index (χ0v) is 17.7. The Morgan fingerprint density at radius 1 is 0.926 bits per heavy atom. The largest absolute Gasteiger partial charge is 0.436 e. The molecule has 0 aromatic heterocycles. The van der Waals surface area contributed by atoms with Crippen molar-refractivity contribution < 1.29 is 42.0 Å². The summed E-state index contributed by atoms with van der Waals surface area (Å²) in [5, 5.41) is 0. The van der Waals surface area contributed by atoms with Gasteiger partial charge in [0.1, 0.15) is 0 Å². The second-order valence-corrected chi connectivity index (χ2v) is 11.2. The molecule has 0 spiro atoms. The van der Waals surface area contributed by atoms with Crippen LogP contribution in [0.2, 0.25) is 0 Å². The van der Waals surface area contributed by atoms with Gasteiger partial charge < -0.3 is 23.1 Å². The van der Waals surface area contributed by atoms with Crippen LogP contribution < -0.4 is 0 Å². The Hall–Kier alpha value is -1.89. The normalized spacial score (nSPS) is 13.1. The molecule has 0 N–H and O–H groups in total. The Morgan fingerprint density at radius 2 is 1.44 bits per heavy atom. The van der Waals surface area contributed by atoms with Crippen LogP contribution in [-0.2, 0) is 42.0 Å². The van der Waals surface area contributed by atoms with Crippen LogP contribution in [0.4, 0.5) is 0 Å². The fourth-order valence-corrected chi connectivity index (χ4v) is 3.51. The van der Waals surface area contributed by atoms with E-state index < -0.39 is 50.6 Å². The van der Waals surface area contributed by atoms with Gasteiger partial charge in [0.15, 0.2) is 0 Å². The molecule has 0 bridgehead atoms. The van der Waals surface area contributed by atoms with Gasteiger partial charge in [-0.2, -0.15) is 0 Å². The predicted octanol–water partition coefficient (Wildman–Crippen LogP) is 1.49. The van der Waals surface area contributed by atoms with Crippen molar-refractivity contribution >= 4 is 32.6 Å². The van der Waals surface area contributed by atoms with Crippen LogP contribution in [0.25, 0.3) is 0 Å². The van der Waals surface area contributed by atoms with Crippen LogP contribution in [0.1, 0.15) is 13.8 Å². The number of hydrogen-bond acceptors (Lipinski definition) is 9. The number of hydrogen-bond donors (Lipinski definition) is 0. The topological polar surface area (TPSA) is 122 Å². The summed E-state index contributed by atoms with van der Waals surface area (Å²) in [5.74, 6) is 5.73. The lowest BCUT2D eigenvalue weighted by Gasteiger charge is -2.19. The van der Waals surface area contributed by atoms with Gasteiger partial charge in [-0.3, -0.25) is 9.36 Å². The van der Waals surface area contributed by atoms with E-state index in [0.29, 0.717) is 0 Å². The van der Waals surface area contributed by atoms with Crippen LogP contribution >= 0.6 is 14.7 Å². The molecule has 0 fully saturated rings. The van der Waals surface area contributed by atoms with E-state index in [2.05, 4.69) is 28.4 Å². The van der Waals surface area contributed by atoms with Crippen LogP contribution in [0.3, 0.4) is 0 Å². The lowest BCUT2D eigenvalue weighted by Crippen LogP contribution is -2.34. The third kappa shape index (κ3) is 8.56. The average Bonchev–Trinajstić information content (AvgIpc) is 2.56. The Kier molecular flexibility index (Phi) is 10.3. The quantitative estimate of drug-likeness (QED) is 0.249. The monoisotopic (exact) mass is 420 g/mol. The molecule has 0 radical (unpaired) electrons. The van der Waals surface area contributed by atoms with Crippen LogP contribution in [-0.4, -0.2) is 63.4 Å². The van der Waals surface area contributed by atoms with Crippen molar-refractivity contribution in [2.45, 2.75) is 25.6 Å². The standard InChI is InChI=1S/C16H22O9P2/c1-7-9-12(24-14(17)11-26(5,6)20)15(18)25-16(19)13(10-8-2)27(21,22-3)23-4/h12-13H,11H2,1-6H3. The summed E-state index contributed by atoms with van der Waals surface area (Å²) >= 11 is 0. The molecule has 0 rings (SSSR count). The molecular weight excluding hydrogens is 398 g/mol. The first kappa shape index (κ1) is 25.1.